The maximum atomic E-state index is 13.7. The van der Waals surface area contributed by atoms with E-state index >= 15 is 0 Å². The summed E-state index contributed by atoms with van der Waals surface area (Å²) in [6.07, 6.45) is -0.0286. The molecule has 0 N–H and O–H groups in total. The van der Waals surface area contributed by atoms with Crippen molar-refractivity contribution in [3.63, 3.8) is 0 Å². The highest BCUT2D eigenvalue weighted by Gasteiger charge is 2.20. The molecular weight excluding hydrogens is 341 g/mol. The van der Waals surface area contributed by atoms with E-state index in [0.717, 1.165) is 0 Å². The van der Waals surface area contributed by atoms with E-state index in [1.807, 2.05) is 0 Å². The molecule has 0 aromatic heterocycles. The number of halogens is 5. The molecule has 2 rings (SSSR count). The van der Waals surface area contributed by atoms with Crippen LogP contribution in [0.5, 0.6) is 0 Å². The van der Waals surface area contributed by atoms with Crippen LogP contribution >= 0.6 is 27.5 Å². The molecule has 2 aromatic rings. The predicted octanol–water partition coefficient (Wildman–Crippen LogP) is 5.44. The Morgan fingerprint density at radius 2 is 1.47 bits per heavy atom. The van der Waals surface area contributed by atoms with E-state index in [4.69, 9.17) is 11.6 Å². The monoisotopic (exact) mass is 348 g/mol. The third-order valence-corrected chi connectivity index (χ3v) is 3.87. The van der Waals surface area contributed by atoms with E-state index in [1.165, 1.54) is 36.4 Å². The third kappa shape index (κ3) is 3.12. The molecule has 2 aromatic carbocycles. The van der Waals surface area contributed by atoms with Gasteiger partial charge in [0, 0.05) is 21.0 Å². The summed E-state index contributed by atoms with van der Waals surface area (Å²) in [5, 5.41) is 0.221. The molecule has 0 fully saturated rings. The molecule has 1 unspecified atom stereocenters. The van der Waals surface area contributed by atoms with Gasteiger partial charge in [0.2, 0.25) is 0 Å². The quantitative estimate of drug-likeness (QED) is 0.648. The first kappa shape index (κ1) is 14.4. The van der Waals surface area contributed by atoms with Crippen molar-refractivity contribution in [2.45, 2.75) is 11.2 Å². The van der Waals surface area contributed by atoms with E-state index < -0.39 is 22.3 Å². The predicted molar refractivity (Wildman–Crippen MR) is 73.1 cm³/mol. The van der Waals surface area contributed by atoms with Gasteiger partial charge in [-0.1, -0.05) is 39.7 Å². The van der Waals surface area contributed by atoms with Crippen molar-refractivity contribution in [2.24, 2.45) is 0 Å². The molecule has 0 bridgehead atoms. The summed E-state index contributed by atoms with van der Waals surface area (Å²) in [6, 6.07) is 7.89. The Labute approximate surface area is 122 Å². The number of rotatable bonds is 3. The maximum absolute atomic E-state index is 13.7. The van der Waals surface area contributed by atoms with Crippen LogP contribution in [0, 0.1) is 17.5 Å². The minimum absolute atomic E-state index is 0.0286. The normalized spacial score (nSPS) is 12.5. The van der Waals surface area contributed by atoms with Crippen molar-refractivity contribution in [1.82, 2.24) is 0 Å². The Morgan fingerprint density at radius 3 is 2.05 bits per heavy atom. The summed E-state index contributed by atoms with van der Waals surface area (Å²) in [7, 11) is 0. The second-order valence-corrected chi connectivity index (χ2v) is 5.52. The molecule has 0 saturated heterocycles. The zero-order valence-corrected chi connectivity index (χ0v) is 12.0. The first-order valence-corrected chi connectivity index (χ1v) is 6.81. The standard InChI is InChI=1S/C14H9BrClF3/c15-9(14-10(16)3-1-6-13(14)19)7-8-11(17)4-2-5-12(8)18/h1-6,9H,7H2. The van der Waals surface area contributed by atoms with Crippen molar-refractivity contribution < 1.29 is 13.2 Å². The van der Waals surface area contributed by atoms with Crippen LogP contribution < -0.4 is 0 Å². The number of hydrogen-bond donors (Lipinski definition) is 0. The van der Waals surface area contributed by atoms with Crippen LogP contribution in [0.1, 0.15) is 16.0 Å². The lowest BCUT2D eigenvalue weighted by Gasteiger charge is -2.14. The number of hydrogen-bond acceptors (Lipinski definition) is 0. The van der Waals surface area contributed by atoms with E-state index in [-0.39, 0.29) is 22.6 Å². The summed E-state index contributed by atoms with van der Waals surface area (Å²) in [6.45, 7) is 0. The molecule has 5 heteroatoms. The summed E-state index contributed by atoms with van der Waals surface area (Å²) < 4.78 is 40.8. The van der Waals surface area contributed by atoms with Gasteiger partial charge >= 0.3 is 0 Å². The average Bonchev–Trinajstić information content (AvgIpc) is 2.34. The van der Waals surface area contributed by atoms with Crippen LogP contribution in [0.3, 0.4) is 0 Å². The van der Waals surface area contributed by atoms with E-state index in [9.17, 15) is 13.2 Å². The molecule has 0 radical (unpaired) electrons. The van der Waals surface area contributed by atoms with E-state index in [0.29, 0.717) is 0 Å². The highest BCUT2D eigenvalue weighted by atomic mass is 79.9. The first-order valence-electron chi connectivity index (χ1n) is 5.51. The fourth-order valence-corrected chi connectivity index (χ4v) is 3.03. The Hall–Kier alpha value is -1.00. The van der Waals surface area contributed by atoms with Gasteiger partial charge in [0.15, 0.2) is 0 Å². The Morgan fingerprint density at radius 1 is 0.947 bits per heavy atom. The first-order chi connectivity index (χ1) is 9.00. The Bertz CT molecular complexity index is 561. The lowest BCUT2D eigenvalue weighted by atomic mass is 10.0. The lowest BCUT2D eigenvalue weighted by molar-refractivity contribution is 0.550. The third-order valence-electron chi connectivity index (χ3n) is 2.76. The zero-order chi connectivity index (χ0) is 14.0. The van der Waals surface area contributed by atoms with Gasteiger partial charge < -0.3 is 0 Å². The molecule has 0 amide bonds. The molecule has 0 heterocycles. The number of alkyl halides is 1. The minimum atomic E-state index is -0.656. The second-order valence-electron chi connectivity index (χ2n) is 4.01. The van der Waals surface area contributed by atoms with Crippen LogP contribution in [-0.4, -0.2) is 0 Å². The van der Waals surface area contributed by atoms with Crippen LogP contribution in [0.2, 0.25) is 5.02 Å². The van der Waals surface area contributed by atoms with E-state index in [1.54, 1.807) is 0 Å². The highest BCUT2D eigenvalue weighted by molar-refractivity contribution is 9.09. The molecular formula is C14H9BrClF3. The smallest absolute Gasteiger partial charge is 0.129 e. The summed E-state index contributed by atoms with van der Waals surface area (Å²) >= 11 is 9.15. The topological polar surface area (TPSA) is 0 Å². The fraction of sp³-hybridized carbons (Fsp3) is 0.143. The lowest BCUT2D eigenvalue weighted by Crippen LogP contribution is -2.03. The van der Waals surface area contributed by atoms with Crippen LogP contribution in [0.15, 0.2) is 36.4 Å². The summed E-state index contributed by atoms with van der Waals surface area (Å²) in [4.78, 5) is -0.604. The molecule has 0 aliphatic carbocycles. The molecule has 0 spiro atoms. The SMILES string of the molecule is Fc1cccc(F)c1CC(Br)c1c(F)cccc1Cl. The van der Waals surface area contributed by atoms with Crippen molar-refractivity contribution >= 4 is 27.5 Å². The van der Waals surface area contributed by atoms with Gasteiger partial charge in [-0.2, -0.15) is 0 Å². The molecule has 0 nitrogen and oxygen atoms in total. The van der Waals surface area contributed by atoms with Gasteiger partial charge in [-0.25, -0.2) is 13.2 Å². The number of benzene rings is 2. The van der Waals surface area contributed by atoms with Crippen molar-refractivity contribution in [3.8, 4) is 0 Å². The molecule has 1 atom stereocenters. The fourth-order valence-electron chi connectivity index (χ4n) is 1.82. The van der Waals surface area contributed by atoms with E-state index in [2.05, 4.69) is 15.9 Å². The van der Waals surface area contributed by atoms with Crippen LogP contribution in [0.25, 0.3) is 0 Å². The Balaban J connectivity index is 2.34. The van der Waals surface area contributed by atoms with Crippen molar-refractivity contribution in [3.05, 3.63) is 70.0 Å². The highest BCUT2D eigenvalue weighted by Crippen LogP contribution is 2.35. The second kappa shape index (κ2) is 5.97. The summed E-state index contributed by atoms with van der Waals surface area (Å²) in [5.41, 5.74) is 0.107. The minimum Gasteiger partial charge on any atom is -0.207 e. The Kier molecular flexibility index (Phi) is 4.53. The largest absolute Gasteiger partial charge is 0.207 e. The maximum Gasteiger partial charge on any atom is 0.129 e. The molecule has 0 aliphatic rings. The van der Waals surface area contributed by atoms with Crippen LogP contribution in [0.4, 0.5) is 13.2 Å². The van der Waals surface area contributed by atoms with Gasteiger partial charge in [0.25, 0.3) is 0 Å². The van der Waals surface area contributed by atoms with Gasteiger partial charge in [-0.15, -0.1) is 0 Å². The molecule has 0 saturated carbocycles. The molecule has 19 heavy (non-hydrogen) atoms. The van der Waals surface area contributed by atoms with Gasteiger partial charge in [-0.05, 0) is 30.7 Å². The molecule has 0 aliphatic heterocycles. The molecule has 100 valence electrons. The van der Waals surface area contributed by atoms with Crippen molar-refractivity contribution in [1.29, 1.82) is 0 Å². The van der Waals surface area contributed by atoms with Gasteiger partial charge in [0.05, 0.1) is 0 Å². The van der Waals surface area contributed by atoms with Crippen molar-refractivity contribution in [2.75, 3.05) is 0 Å². The van der Waals surface area contributed by atoms with Gasteiger partial charge in [-0.3, -0.25) is 0 Å². The van der Waals surface area contributed by atoms with Crippen LogP contribution in [-0.2, 0) is 6.42 Å². The van der Waals surface area contributed by atoms with Gasteiger partial charge in [0.1, 0.15) is 17.5 Å². The zero-order valence-electron chi connectivity index (χ0n) is 9.64. The summed E-state index contributed by atoms with van der Waals surface area (Å²) in [5.74, 6) is -1.82. The average molecular weight is 350 g/mol.